The van der Waals surface area contributed by atoms with E-state index in [2.05, 4.69) is 31.1 Å². The molecule has 0 aliphatic rings. The van der Waals surface area contributed by atoms with Crippen LogP contribution in [-0.2, 0) is 0 Å². The lowest BCUT2D eigenvalue weighted by molar-refractivity contribution is 0.595. The first-order chi connectivity index (χ1) is 5.24. The van der Waals surface area contributed by atoms with E-state index < -0.39 is 0 Å². The highest BCUT2D eigenvalue weighted by Gasteiger charge is 2.06. The van der Waals surface area contributed by atoms with Crippen molar-refractivity contribution in [1.29, 1.82) is 0 Å². The molecule has 0 amide bonds. The third kappa shape index (κ3) is 2.27. The lowest BCUT2D eigenvalue weighted by atomic mass is 10.3. The van der Waals surface area contributed by atoms with Crippen molar-refractivity contribution in [3.05, 3.63) is 16.1 Å². The lowest BCUT2D eigenvalue weighted by Crippen LogP contribution is -2.17. The number of nitrogens with zero attached hydrogens (tertiary/aromatic N) is 1. The third-order valence-electron chi connectivity index (χ3n) is 1.52. The molecule has 1 aromatic rings. The Bertz CT molecular complexity index is 220. The minimum Gasteiger partial charge on any atom is -0.308 e. The highest BCUT2D eigenvalue weighted by atomic mass is 32.1. The summed E-state index contributed by atoms with van der Waals surface area (Å²) in [6.07, 6.45) is 1.92. The highest BCUT2D eigenvalue weighted by Crippen LogP contribution is 2.18. The summed E-state index contributed by atoms with van der Waals surface area (Å²) in [5.74, 6) is 0. The Labute approximate surface area is 71.7 Å². The number of thiazole rings is 1. The zero-order valence-electron chi connectivity index (χ0n) is 7.22. The largest absolute Gasteiger partial charge is 0.308 e. The van der Waals surface area contributed by atoms with Gasteiger partial charge in [-0.05, 0) is 20.4 Å². The second kappa shape index (κ2) is 3.83. The first-order valence-electron chi connectivity index (χ1n) is 3.89. The molecule has 0 spiro atoms. The maximum atomic E-state index is 4.29. The van der Waals surface area contributed by atoms with Gasteiger partial charge in [-0.25, -0.2) is 4.98 Å². The maximum Gasteiger partial charge on any atom is 0.109 e. The zero-order chi connectivity index (χ0) is 8.27. The number of aryl methyl sites for hydroxylation is 1. The second-order valence-electron chi connectivity index (χ2n) is 2.59. The van der Waals surface area contributed by atoms with Crippen molar-refractivity contribution in [2.45, 2.75) is 26.8 Å². The molecule has 1 aromatic heterocycles. The van der Waals surface area contributed by atoms with Crippen LogP contribution in [-0.4, -0.2) is 11.5 Å². The van der Waals surface area contributed by atoms with Crippen LogP contribution in [0.2, 0.25) is 0 Å². The predicted octanol–water partition coefficient (Wildman–Crippen LogP) is 2.12. The van der Waals surface area contributed by atoms with Gasteiger partial charge < -0.3 is 5.32 Å². The summed E-state index contributed by atoms with van der Waals surface area (Å²) in [5, 5.41) is 4.51. The van der Waals surface area contributed by atoms with Gasteiger partial charge in [0, 0.05) is 11.1 Å². The van der Waals surface area contributed by atoms with Crippen LogP contribution in [0.15, 0.2) is 6.20 Å². The number of hydrogen-bond acceptors (Lipinski definition) is 3. The Morgan fingerprint density at radius 1 is 1.73 bits per heavy atom. The van der Waals surface area contributed by atoms with E-state index in [4.69, 9.17) is 0 Å². The van der Waals surface area contributed by atoms with Crippen LogP contribution in [0.4, 0.5) is 0 Å². The van der Waals surface area contributed by atoms with Gasteiger partial charge in [-0.15, -0.1) is 11.3 Å². The van der Waals surface area contributed by atoms with Gasteiger partial charge in [0.1, 0.15) is 5.01 Å². The first kappa shape index (κ1) is 8.68. The Hall–Kier alpha value is -0.410. The molecule has 1 atom stereocenters. The van der Waals surface area contributed by atoms with E-state index in [0.29, 0.717) is 6.04 Å². The van der Waals surface area contributed by atoms with Crippen molar-refractivity contribution in [2.75, 3.05) is 6.54 Å². The fraction of sp³-hybridized carbons (Fsp3) is 0.625. The van der Waals surface area contributed by atoms with Gasteiger partial charge in [0.2, 0.25) is 0 Å². The van der Waals surface area contributed by atoms with E-state index in [-0.39, 0.29) is 0 Å². The molecule has 0 saturated carbocycles. The molecule has 0 aliphatic carbocycles. The zero-order valence-corrected chi connectivity index (χ0v) is 8.03. The third-order valence-corrected chi connectivity index (χ3v) is 2.62. The predicted molar refractivity (Wildman–Crippen MR) is 48.9 cm³/mol. The van der Waals surface area contributed by atoms with Crippen LogP contribution in [0.5, 0.6) is 0 Å². The average Bonchev–Trinajstić information content (AvgIpc) is 2.36. The molecule has 1 unspecified atom stereocenters. The van der Waals surface area contributed by atoms with Gasteiger partial charge in [-0.3, -0.25) is 0 Å². The van der Waals surface area contributed by atoms with Crippen molar-refractivity contribution in [3.63, 3.8) is 0 Å². The quantitative estimate of drug-likeness (QED) is 0.751. The number of rotatable bonds is 3. The molecular weight excluding hydrogens is 156 g/mol. The van der Waals surface area contributed by atoms with Crippen LogP contribution in [0.3, 0.4) is 0 Å². The Kier molecular flexibility index (Phi) is 3.02. The lowest BCUT2D eigenvalue weighted by Gasteiger charge is -2.07. The normalized spacial score (nSPS) is 13.4. The summed E-state index contributed by atoms with van der Waals surface area (Å²) in [6, 6.07) is 0.402. The van der Waals surface area contributed by atoms with E-state index in [1.807, 2.05) is 6.20 Å². The monoisotopic (exact) mass is 170 g/mol. The molecule has 11 heavy (non-hydrogen) atoms. The summed E-state index contributed by atoms with van der Waals surface area (Å²) < 4.78 is 0. The Balaban J connectivity index is 2.60. The van der Waals surface area contributed by atoms with Gasteiger partial charge in [0.15, 0.2) is 0 Å². The molecule has 0 aliphatic heterocycles. The Morgan fingerprint density at radius 3 is 2.91 bits per heavy atom. The summed E-state index contributed by atoms with van der Waals surface area (Å²) in [7, 11) is 0. The van der Waals surface area contributed by atoms with Gasteiger partial charge in [-0.2, -0.15) is 0 Å². The van der Waals surface area contributed by atoms with Crippen molar-refractivity contribution in [3.8, 4) is 0 Å². The molecule has 1 N–H and O–H groups in total. The standard InChI is InChI=1S/C8H14N2S/c1-4-9-7(3)8-10-5-6(2)11-8/h5,7,9H,4H2,1-3H3. The number of aromatic nitrogens is 1. The SMILES string of the molecule is CCNC(C)c1ncc(C)s1. The summed E-state index contributed by atoms with van der Waals surface area (Å²) in [6.45, 7) is 7.33. The van der Waals surface area contributed by atoms with Crippen LogP contribution in [0.1, 0.15) is 29.8 Å². The van der Waals surface area contributed by atoms with Crippen LogP contribution < -0.4 is 5.32 Å². The second-order valence-corrected chi connectivity index (χ2v) is 3.85. The molecule has 0 saturated heterocycles. The topological polar surface area (TPSA) is 24.9 Å². The van der Waals surface area contributed by atoms with Crippen molar-refractivity contribution < 1.29 is 0 Å². The molecule has 0 aromatic carbocycles. The maximum absolute atomic E-state index is 4.29. The van der Waals surface area contributed by atoms with Crippen molar-refractivity contribution >= 4 is 11.3 Å². The molecule has 0 radical (unpaired) electrons. The molecule has 2 nitrogen and oxygen atoms in total. The van der Waals surface area contributed by atoms with E-state index in [0.717, 1.165) is 6.54 Å². The molecular formula is C8H14N2S. The minimum absolute atomic E-state index is 0.402. The molecule has 1 rings (SSSR count). The van der Waals surface area contributed by atoms with Crippen LogP contribution in [0.25, 0.3) is 0 Å². The van der Waals surface area contributed by atoms with E-state index >= 15 is 0 Å². The fourth-order valence-corrected chi connectivity index (χ4v) is 1.77. The molecule has 62 valence electrons. The minimum atomic E-state index is 0.402. The summed E-state index contributed by atoms with van der Waals surface area (Å²) in [4.78, 5) is 5.57. The molecule has 1 heterocycles. The molecule has 0 bridgehead atoms. The fourth-order valence-electron chi connectivity index (χ4n) is 0.966. The van der Waals surface area contributed by atoms with Gasteiger partial charge >= 0.3 is 0 Å². The molecule has 0 fully saturated rings. The Morgan fingerprint density at radius 2 is 2.45 bits per heavy atom. The van der Waals surface area contributed by atoms with E-state index in [1.165, 1.54) is 9.88 Å². The highest BCUT2D eigenvalue weighted by molar-refractivity contribution is 7.11. The van der Waals surface area contributed by atoms with Crippen LogP contribution >= 0.6 is 11.3 Å². The van der Waals surface area contributed by atoms with Gasteiger partial charge in [-0.1, -0.05) is 6.92 Å². The van der Waals surface area contributed by atoms with Gasteiger partial charge in [0.25, 0.3) is 0 Å². The smallest absolute Gasteiger partial charge is 0.109 e. The van der Waals surface area contributed by atoms with Crippen molar-refractivity contribution in [1.82, 2.24) is 10.3 Å². The van der Waals surface area contributed by atoms with Crippen LogP contribution in [0, 0.1) is 6.92 Å². The molecule has 3 heteroatoms. The first-order valence-corrected chi connectivity index (χ1v) is 4.71. The van der Waals surface area contributed by atoms with Crippen molar-refractivity contribution in [2.24, 2.45) is 0 Å². The average molecular weight is 170 g/mol. The summed E-state index contributed by atoms with van der Waals surface area (Å²) >= 11 is 1.76. The van der Waals surface area contributed by atoms with Gasteiger partial charge in [0.05, 0.1) is 6.04 Å². The number of hydrogen-bond donors (Lipinski definition) is 1. The number of nitrogens with one attached hydrogen (secondary N) is 1. The van der Waals surface area contributed by atoms with E-state index in [1.54, 1.807) is 11.3 Å². The van der Waals surface area contributed by atoms with E-state index in [9.17, 15) is 0 Å². The summed E-state index contributed by atoms with van der Waals surface area (Å²) in [5.41, 5.74) is 0.